The maximum atomic E-state index is 10.8. The summed E-state index contributed by atoms with van der Waals surface area (Å²) >= 11 is 1.66. The van der Waals surface area contributed by atoms with E-state index in [1.807, 2.05) is 0 Å². The maximum Gasteiger partial charge on any atom is 0.326 e. The number of amides is 1. The zero-order chi connectivity index (χ0) is 13.4. The van der Waals surface area contributed by atoms with Gasteiger partial charge in [-0.25, -0.2) is 4.79 Å². The summed E-state index contributed by atoms with van der Waals surface area (Å²) in [5, 5.41) is 11.1. The molecule has 1 heterocycles. The molecule has 6 nitrogen and oxygen atoms in total. The number of likely N-dealkylation sites (N-methyl/N-ethyl adjacent to an activating group) is 1. The van der Waals surface area contributed by atoms with E-state index in [1.54, 1.807) is 11.8 Å². The van der Waals surface area contributed by atoms with Crippen LogP contribution < -0.4 is 5.32 Å². The number of rotatable bonds is 8. The molecule has 2 atom stereocenters. The van der Waals surface area contributed by atoms with Gasteiger partial charge < -0.3 is 20.1 Å². The molecule has 1 aliphatic heterocycles. The molecule has 0 radical (unpaired) electrons. The molecule has 1 amide bonds. The fourth-order valence-electron chi connectivity index (χ4n) is 1.74. The topological polar surface area (TPSA) is 78.9 Å². The van der Waals surface area contributed by atoms with Gasteiger partial charge in [0.25, 0.3) is 0 Å². The summed E-state index contributed by atoms with van der Waals surface area (Å²) in [7, 11) is 2.06. The van der Waals surface area contributed by atoms with E-state index >= 15 is 0 Å². The molecule has 0 aliphatic carbocycles. The summed E-state index contributed by atoms with van der Waals surface area (Å²) in [5.41, 5.74) is 0. The Labute approximate surface area is 111 Å². The van der Waals surface area contributed by atoms with E-state index in [1.165, 1.54) is 0 Å². The monoisotopic (exact) mass is 276 g/mol. The number of carbonyl (C=O) groups excluding carboxylic acids is 1. The molecule has 0 aromatic carbocycles. The Hall–Kier alpha value is -0.790. The van der Waals surface area contributed by atoms with Gasteiger partial charge in [-0.05, 0) is 19.2 Å². The summed E-state index contributed by atoms with van der Waals surface area (Å²) in [5.74, 6) is 0.565. The highest BCUT2D eigenvalue weighted by Crippen LogP contribution is 2.12. The normalized spacial score (nSPS) is 22.4. The van der Waals surface area contributed by atoms with E-state index in [4.69, 9.17) is 9.84 Å². The van der Waals surface area contributed by atoms with Crippen molar-refractivity contribution < 1.29 is 19.4 Å². The number of nitrogens with zero attached hydrogens (tertiary/aromatic N) is 1. The molecular formula is C11H20N2O4S. The smallest absolute Gasteiger partial charge is 0.326 e. The molecule has 1 fully saturated rings. The van der Waals surface area contributed by atoms with Gasteiger partial charge in [0.05, 0.1) is 12.7 Å². The Bertz CT molecular complexity index is 278. The van der Waals surface area contributed by atoms with Crippen molar-refractivity contribution in [2.45, 2.75) is 18.6 Å². The van der Waals surface area contributed by atoms with Gasteiger partial charge in [0.1, 0.15) is 6.04 Å². The van der Waals surface area contributed by atoms with Crippen molar-refractivity contribution in [3.63, 3.8) is 0 Å². The van der Waals surface area contributed by atoms with Gasteiger partial charge in [0.15, 0.2) is 0 Å². The minimum Gasteiger partial charge on any atom is -0.480 e. The lowest BCUT2D eigenvalue weighted by Crippen LogP contribution is -2.41. The van der Waals surface area contributed by atoms with Gasteiger partial charge >= 0.3 is 5.97 Å². The van der Waals surface area contributed by atoms with Crippen molar-refractivity contribution in [3.8, 4) is 0 Å². The summed E-state index contributed by atoms with van der Waals surface area (Å²) in [4.78, 5) is 23.2. The van der Waals surface area contributed by atoms with Crippen LogP contribution >= 0.6 is 11.8 Å². The molecular weight excluding hydrogens is 256 g/mol. The fraction of sp³-hybridized carbons (Fsp3) is 0.818. The Kier molecular flexibility index (Phi) is 7.07. The molecule has 2 unspecified atom stereocenters. The largest absolute Gasteiger partial charge is 0.480 e. The number of nitrogens with one attached hydrogen (secondary N) is 1. The zero-order valence-electron chi connectivity index (χ0n) is 10.5. The van der Waals surface area contributed by atoms with E-state index in [2.05, 4.69) is 17.3 Å². The van der Waals surface area contributed by atoms with Crippen LogP contribution in [0.4, 0.5) is 0 Å². The van der Waals surface area contributed by atoms with Gasteiger partial charge in [-0.3, -0.25) is 4.79 Å². The second kappa shape index (κ2) is 8.34. The highest BCUT2D eigenvalue weighted by molar-refractivity contribution is 7.99. The Morgan fingerprint density at radius 2 is 2.50 bits per heavy atom. The SMILES string of the molecule is CN1CCOC(CSCCC(NC=O)C(=O)O)C1. The van der Waals surface area contributed by atoms with Crippen LogP contribution in [-0.2, 0) is 14.3 Å². The van der Waals surface area contributed by atoms with Crippen LogP contribution in [-0.4, -0.2) is 72.8 Å². The van der Waals surface area contributed by atoms with Gasteiger partial charge in [0.2, 0.25) is 6.41 Å². The summed E-state index contributed by atoms with van der Waals surface area (Å²) in [6.07, 6.45) is 1.08. The molecule has 0 spiro atoms. The third-order valence-corrected chi connectivity index (χ3v) is 3.90. The van der Waals surface area contributed by atoms with Crippen molar-refractivity contribution in [2.24, 2.45) is 0 Å². The molecule has 0 aromatic heterocycles. The lowest BCUT2D eigenvalue weighted by Gasteiger charge is -2.29. The first-order chi connectivity index (χ1) is 8.63. The van der Waals surface area contributed by atoms with Crippen molar-refractivity contribution in [2.75, 3.05) is 38.2 Å². The van der Waals surface area contributed by atoms with Crippen LogP contribution in [0.2, 0.25) is 0 Å². The van der Waals surface area contributed by atoms with Crippen molar-refractivity contribution in [1.29, 1.82) is 0 Å². The second-order valence-electron chi connectivity index (χ2n) is 4.29. The highest BCUT2D eigenvalue weighted by atomic mass is 32.2. The van der Waals surface area contributed by atoms with Crippen LogP contribution in [0.25, 0.3) is 0 Å². The minimum absolute atomic E-state index is 0.219. The van der Waals surface area contributed by atoms with Crippen LogP contribution in [0, 0.1) is 0 Å². The van der Waals surface area contributed by atoms with Gasteiger partial charge in [-0.15, -0.1) is 0 Å². The number of thioether (sulfide) groups is 1. The lowest BCUT2D eigenvalue weighted by molar-refractivity contribution is -0.140. The average molecular weight is 276 g/mol. The van der Waals surface area contributed by atoms with E-state index in [9.17, 15) is 9.59 Å². The first-order valence-corrected chi connectivity index (χ1v) is 7.09. The zero-order valence-corrected chi connectivity index (χ0v) is 11.3. The van der Waals surface area contributed by atoms with Gasteiger partial charge in [-0.1, -0.05) is 0 Å². The number of carboxylic acids is 1. The Morgan fingerprint density at radius 1 is 1.72 bits per heavy atom. The summed E-state index contributed by atoms with van der Waals surface area (Å²) < 4.78 is 5.60. The van der Waals surface area contributed by atoms with Crippen LogP contribution in [0.15, 0.2) is 0 Å². The van der Waals surface area contributed by atoms with Crippen LogP contribution in [0.5, 0.6) is 0 Å². The van der Waals surface area contributed by atoms with Gasteiger partial charge in [-0.2, -0.15) is 11.8 Å². The number of hydrogen-bond acceptors (Lipinski definition) is 5. The van der Waals surface area contributed by atoms with Gasteiger partial charge in [0, 0.05) is 18.8 Å². The lowest BCUT2D eigenvalue weighted by atomic mass is 10.2. The molecule has 2 N–H and O–H groups in total. The molecule has 1 saturated heterocycles. The average Bonchev–Trinajstić information content (AvgIpc) is 2.33. The highest BCUT2D eigenvalue weighted by Gasteiger charge is 2.19. The second-order valence-corrected chi connectivity index (χ2v) is 5.44. The van der Waals surface area contributed by atoms with E-state index in [0.717, 1.165) is 25.4 Å². The van der Waals surface area contributed by atoms with Crippen molar-refractivity contribution in [3.05, 3.63) is 0 Å². The first-order valence-electron chi connectivity index (χ1n) is 5.94. The molecule has 1 aliphatic rings. The summed E-state index contributed by atoms with van der Waals surface area (Å²) in [6.45, 7) is 2.64. The van der Waals surface area contributed by atoms with E-state index in [-0.39, 0.29) is 6.10 Å². The van der Waals surface area contributed by atoms with E-state index in [0.29, 0.717) is 18.6 Å². The Balaban J connectivity index is 2.13. The molecule has 18 heavy (non-hydrogen) atoms. The van der Waals surface area contributed by atoms with Crippen LogP contribution in [0.1, 0.15) is 6.42 Å². The van der Waals surface area contributed by atoms with E-state index < -0.39 is 12.0 Å². The Morgan fingerprint density at radius 3 is 3.11 bits per heavy atom. The number of aliphatic carboxylic acids is 1. The van der Waals surface area contributed by atoms with Crippen molar-refractivity contribution >= 4 is 24.1 Å². The minimum atomic E-state index is -0.989. The first kappa shape index (κ1) is 15.3. The number of carbonyl (C=O) groups is 2. The van der Waals surface area contributed by atoms with Crippen LogP contribution in [0.3, 0.4) is 0 Å². The number of hydrogen-bond donors (Lipinski definition) is 2. The predicted molar refractivity (Wildman–Crippen MR) is 69.8 cm³/mol. The molecule has 0 saturated carbocycles. The summed E-state index contributed by atoms with van der Waals surface area (Å²) in [6, 6.07) is -0.787. The maximum absolute atomic E-state index is 10.8. The number of morpholine rings is 1. The third-order valence-electron chi connectivity index (χ3n) is 2.76. The number of carboxylic acid groups (broad SMARTS) is 1. The molecule has 104 valence electrons. The molecule has 7 heteroatoms. The fourth-order valence-corrected chi connectivity index (χ4v) is 2.78. The standard InChI is InChI=1S/C11H20N2O4S/c1-13-3-4-17-9(6-13)7-18-5-2-10(11(15)16)12-8-14/h8-10H,2-7H2,1H3,(H,12,14)(H,15,16). The molecule has 0 aromatic rings. The molecule has 0 bridgehead atoms. The predicted octanol–water partition coefficient (Wildman–Crippen LogP) is -0.360. The number of ether oxygens (including phenoxy) is 1. The third kappa shape index (κ3) is 5.70. The quantitative estimate of drug-likeness (QED) is 0.465. The van der Waals surface area contributed by atoms with Crippen molar-refractivity contribution in [1.82, 2.24) is 10.2 Å². The molecule has 1 rings (SSSR count).